The zero-order chi connectivity index (χ0) is 14.5. The van der Waals surface area contributed by atoms with E-state index >= 15 is 0 Å². The number of amides is 1. The SMILES string of the molecule is Cc1cc(C)cc(-c2nnc(NC(=O)CCCN)s2)c1. The second-order valence-electron chi connectivity index (χ2n) is 4.73. The highest BCUT2D eigenvalue weighted by molar-refractivity contribution is 7.18. The van der Waals surface area contributed by atoms with E-state index in [1.807, 2.05) is 13.8 Å². The van der Waals surface area contributed by atoms with Crippen molar-refractivity contribution < 1.29 is 4.79 Å². The quantitative estimate of drug-likeness (QED) is 0.886. The lowest BCUT2D eigenvalue weighted by atomic mass is 10.1. The number of nitrogens with zero attached hydrogens (tertiary/aromatic N) is 2. The number of aromatic nitrogens is 2. The van der Waals surface area contributed by atoms with Gasteiger partial charge in [-0.15, -0.1) is 10.2 Å². The van der Waals surface area contributed by atoms with E-state index < -0.39 is 0 Å². The van der Waals surface area contributed by atoms with Crippen LogP contribution in [0.15, 0.2) is 18.2 Å². The van der Waals surface area contributed by atoms with E-state index in [4.69, 9.17) is 5.73 Å². The number of nitrogens with one attached hydrogen (secondary N) is 1. The van der Waals surface area contributed by atoms with Gasteiger partial charge in [-0.3, -0.25) is 4.79 Å². The first kappa shape index (κ1) is 14.6. The molecule has 0 radical (unpaired) electrons. The van der Waals surface area contributed by atoms with Crippen LogP contribution in [0.2, 0.25) is 0 Å². The van der Waals surface area contributed by atoms with Crippen molar-refractivity contribution in [3.63, 3.8) is 0 Å². The van der Waals surface area contributed by atoms with Gasteiger partial charge in [0, 0.05) is 12.0 Å². The molecule has 0 aliphatic rings. The first-order valence-electron chi connectivity index (χ1n) is 6.50. The van der Waals surface area contributed by atoms with Gasteiger partial charge in [-0.25, -0.2) is 0 Å². The molecule has 0 spiro atoms. The monoisotopic (exact) mass is 290 g/mol. The summed E-state index contributed by atoms with van der Waals surface area (Å²) in [6.45, 7) is 4.61. The fourth-order valence-electron chi connectivity index (χ4n) is 1.93. The van der Waals surface area contributed by atoms with Gasteiger partial charge in [-0.05, 0) is 38.9 Å². The summed E-state index contributed by atoms with van der Waals surface area (Å²) in [5.41, 5.74) is 8.77. The maximum Gasteiger partial charge on any atom is 0.226 e. The molecule has 6 heteroatoms. The maximum atomic E-state index is 11.6. The van der Waals surface area contributed by atoms with Crippen LogP contribution < -0.4 is 11.1 Å². The predicted molar refractivity (Wildman–Crippen MR) is 81.7 cm³/mol. The summed E-state index contributed by atoms with van der Waals surface area (Å²) in [5, 5.41) is 12.2. The molecule has 0 unspecified atom stereocenters. The number of hydrogen-bond acceptors (Lipinski definition) is 5. The Labute approximate surface area is 122 Å². The highest BCUT2D eigenvalue weighted by atomic mass is 32.1. The van der Waals surface area contributed by atoms with Gasteiger partial charge in [0.1, 0.15) is 5.01 Å². The minimum Gasteiger partial charge on any atom is -0.330 e. The normalized spacial score (nSPS) is 10.6. The number of carbonyl (C=O) groups is 1. The Morgan fingerprint density at radius 1 is 1.25 bits per heavy atom. The third kappa shape index (κ3) is 3.85. The van der Waals surface area contributed by atoms with Crippen molar-refractivity contribution in [3.8, 4) is 10.6 Å². The highest BCUT2D eigenvalue weighted by Gasteiger charge is 2.10. The number of hydrogen-bond donors (Lipinski definition) is 2. The first-order valence-corrected chi connectivity index (χ1v) is 7.32. The summed E-state index contributed by atoms with van der Waals surface area (Å²) in [4.78, 5) is 11.6. The molecule has 1 amide bonds. The molecule has 1 heterocycles. The molecule has 2 rings (SSSR count). The van der Waals surface area contributed by atoms with Crippen LogP contribution in [0.25, 0.3) is 10.6 Å². The molecule has 0 fully saturated rings. The van der Waals surface area contributed by atoms with E-state index in [0.717, 1.165) is 10.6 Å². The topological polar surface area (TPSA) is 80.9 Å². The van der Waals surface area contributed by atoms with Gasteiger partial charge in [0.2, 0.25) is 11.0 Å². The first-order chi connectivity index (χ1) is 9.58. The van der Waals surface area contributed by atoms with Crippen molar-refractivity contribution in [3.05, 3.63) is 29.3 Å². The van der Waals surface area contributed by atoms with Crippen molar-refractivity contribution in [1.29, 1.82) is 0 Å². The standard InChI is InChI=1S/C14H18N4OS/c1-9-6-10(2)8-11(7-9)13-17-18-14(20-13)16-12(19)4-3-5-15/h6-8H,3-5,15H2,1-2H3,(H,16,18,19). The van der Waals surface area contributed by atoms with Crippen molar-refractivity contribution >= 4 is 22.4 Å². The van der Waals surface area contributed by atoms with Gasteiger partial charge in [0.25, 0.3) is 0 Å². The molecule has 20 heavy (non-hydrogen) atoms. The average Bonchev–Trinajstić information content (AvgIpc) is 2.83. The second kappa shape index (κ2) is 6.58. The Hall–Kier alpha value is -1.79. The summed E-state index contributed by atoms with van der Waals surface area (Å²) in [6.07, 6.45) is 1.09. The van der Waals surface area contributed by atoms with Gasteiger partial charge < -0.3 is 11.1 Å². The van der Waals surface area contributed by atoms with Crippen molar-refractivity contribution in [2.45, 2.75) is 26.7 Å². The largest absolute Gasteiger partial charge is 0.330 e. The van der Waals surface area contributed by atoms with Crippen LogP contribution in [-0.4, -0.2) is 22.6 Å². The molecular weight excluding hydrogens is 272 g/mol. The number of anilines is 1. The molecule has 5 nitrogen and oxygen atoms in total. The Morgan fingerprint density at radius 3 is 2.60 bits per heavy atom. The third-order valence-electron chi connectivity index (χ3n) is 2.75. The number of carbonyl (C=O) groups excluding carboxylic acids is 1. The minimum absolute atomic E-state index is 0.0708. The number of rotatable bonds is 5. The Morgan fingerprint density at radius 2 is 1.95 bits per heavy atom. The van der Waals surface area contributed by atoms with Gasteiger partial charge in [0.05, 0.1) is 0 Å². The molecule has 106 valence electrons. The highest BCUT2D eigenvalue weighted by Crippen LogP contribution is 2.27. The van der Waals surface area contributed by atoms with Crippen molar-refractivity contribution in [1.82, 2.24) is 10.2 Å². The second-order valence-corrected chi connectivity index (χ2v) is 5.71. The lowest BCUT2D eigenvalue weighted by Crippen LogP contribution is -2.13. The van der Waals surface area contributed by atoms with Crippen LogP contribution in [0, 0.1) is 13.8 Å². The Bertz CT molecular complexity index is 589. The zero-order valence-corrected chi connectivity index (χ0v) is 12.5. The van der Waals surface area contributed by atoms with E-state index in [2.05, 4.69) is 33.7 Å². The lowest BCUT2D eigenvalue weighted by molar-refractivity contribution is -0.116. The Balaban J connectivity index is 2.10. The van der Waals surface area contributed by atoms with Crippen LogP contribution in [-0.2, 0) is 4.79 Å². The minimum atomic E-state index is -0.0708. The molecular formula is C14H18N4OS. The van der Waals surface area contributed by atoms with Crippen molar-refractivity contribution in [2.24, 2.45) is 5.73 Å². The van der Waals surface area contributed by atoms with Gasteiger partial charge in [-0.2, -0.15) is 0 Å². The number of nitrogens with two attached hydrogens (primary N) is 1. The molecule has 0 atom stereocenters. The lowest BCUT2D eigenvalue weighted by Gasteiger charge is -2.01. The molecule has 1 aromatic carbocycles. The van der Waals surface area contributed by atoms with Gasteiger partial charge in [0.15, 0.2) is 0 Å². The molecule has 0 aliphatic heterocycles. The summed E-state index contributed by atoms with van der Waals surface area (Å²) in [5.74, 6) is -0.0708. The van der Waals surface area contributed by atoms with Crippen LogP contribution in [0.3, 0.4) is 0 Å². The molecule has 3 N–H and O–H groups in total. The summed E-state index contributed by atoms with van der Waals surface area (Å²) in [6, 6.07) is 6.24. The van der Waals surface area contributed by atoms with Crippen LogP contribution in [0.4, 0.5) is 5.13 Å². The van der Waals surface area contributed by atoms with Crippen LogP contribution in [0.5, 0.6) is 0 Å². The third-order valence-corrected chi connectivity index (χ3v) is 3.64. The molecule has 1 aromatic heterocycles. The molecule has 0 saturated heterocycles. The summed E-state index contributed by atoms with van der Waals surface area (Å²) >= 11 is 1.38. The van der Waals surface area contributed by atoms with Crippen LogP contribution in [0.1, 0.15) is 24.0 Å². The Kier molecular flexibility index (Phi) is 4.81. The average molecular weight is 290 g/mol. The number of aryl methyl sites for hydroxylation is 2. The fourth-order valence-corrected chi connectivity index (χ4v) is 2.68. The van der Waals surface area contributed by atoms with E-state index in [0.29, 0.717) is 24.5 Å². The summed E-state index contributed by atoms with van der Waals surface area (Å²) in [7, 11) is 0. The zero-order valence-electron chi connectivity index (χ0n) is 11.6. The van der Waals surface area contributed by atoms with Crippen LogP contribution >= 0.6 is 11.3 Å². The van der Waals surface area contributed by atoms with E-state index in [-0.39, 0.29) is 5.91 Å². The fraction of sp³-hybridized carbons (Fsp3) is 0.357. The van der Waals surface area contributed by atoms with Gasteiger partial charge in [-0.1, -0.05) is 28.5 Å². The molecule has 0 aliphatic carbocycles. The van der Waals surface area contributed by atoms with E-state index in [1.54, 1.807) is 0 Å². The van der Waals surface area contributed by atoms with E-state index in [1.165, 1.54) is 22.5 Å². The molecule has 2 aromatic rings. The number of benzene rings is 1. The molecule has 0 saturated carbocycles. The predicted octanol–water partition coefficient (Wildman–Crippen LogP) is 2.50. The molecule has 0 bridgehead atoms. The maximum absolute atomic E-state index is 11.6. The van der Waals surface area contributed by atoms with Gasteiger partial charge >= 0.3 is 0 Å². The van der Waals surface area contributed by atoms with E-state index in [9.17, 15) is 4.79 Å². The smallest absolute Gasteiger partial charge is 0.226 e. The summed E-state index contributed by atoms with van der Waals surface area (Å²) < 4.78 is 0. The van der Waals surface area contributed by atoms with Crippen molar-refractivity contribution in [2.75, 3.05) is 11.9 Å².